The topological polar surface area (TPSA) is 68.1 Å². The fourth-order valence-electron chi connectivity index (χ4n) is 4.21. The van der Waals surface area contributed by atoms with Crippen LogP contribution in [0.25, 0.3) is 0 Å². The Bertz CT molecular complexity index is 1050. The summed E-state index contributed by atoms with van der Waals surface area (Å²) in [5.41, 5.74) is 2.23. The van der Waals surface area contributed by atoms with Crippen molar-refractivity contribution in [3.8, 4) is 0 Å². The number of rotatable bonds is 8. The molecule has 3 aromatic rings. The minimum Gasteiger partial charge on any atom is -0.318 e. The van der Waals surface area contributed by atoms with E-state index in [1.807, 2.05) is 34.3 Å². The minimum atomic E-state index is -3.38. The van der Waals surface area contributed by atoms with Gasteiger partial charge in [0.15, 0.2) is 0 Å². The summed E-state index contributed by atoms with van der Waals surface area (Å²) < 4.78 is 26.6. The van der Waals surface area contributed by atoms with E-state index in [0.717, 1.165) is 42.9 Å². The van der Waals surface area contributed by atoms with Crippen LogP contribution in [0.3, 0.4) is 0 Å². The maximum Gasteiger partial charge on any atom is 0.227 e. The van der Waals surface area contributed by atoms with Crippen LogP contribution < -0.4 is 0 Å². The second kappa shape index (κ2) is 9.41. The maximum absolute atomic E-state index is 12.3. The molecule has 1 fully saturated rings. The van der Waals surface area contributed by atoms with Crippen molar-refractivity contribution < 1.29 is 8.42 Å². The van der Waals surface area contributed by atoms with Crippen LogP contribution in [-0.4, -0.2) is 40.7 Å². The minimum absolute atomic E-state index is 0.174. The van der Waals surface area contributed by atoms with Crippen molar-refractivity contribution in [1.82, 2.24) is 19.4 Å². The number of hydrogen-bond acceptors (Lipinski definition) is 6. The van der Waals surface area contributed by atoms with Crippen molar-refractivity contribution in [1.29, 1.82) is 0 Å². The fourth-order valence-corrected chi connectivity index (χ4v) is 5.87. The molecule has 1 atom stereocenters. The number of likely N-dealkylation sites (tertiary alicyclic amines) is 1. The predicted molar refractivity (Wildman–Crippen MR) is 119 cm³/mol. The van der Waals surface area contributed by atoms with Crippen LogP contribution in [0.4, 0.5) is 0 Å². The van der Waals surface area contributed by atoms with Gasteiger partial charge in [0.1, 0.15) is 5.01 Å². The summed E-state index contributed by atoms with van der Waals surface area (Å²) in [6.07, 6.45) is 10.1. The molecule has 6 nitrogen and oxygen atoms in total. The first-order valence-electron chi connectivity index (χ1n) is 10.4. The van der Waals surface area contributed by atoms with Gasteiger partial charge in [-0.25, -0.2) is 18.4 Å². The van der Waals surface area contributed by atoms with Gasteiger partial charge in [-0.1, -0.05) is 36.8 Å². The summed E-state index contributed by atoms with van der Waals surface area (Å²) in [6, 6.07) is 10.6. The van der Waals surface area contributed by atoms with Gasteiger partial charge in [-0.15, -0.1) is 11.3 Å². The van der Waals surface area contributed by atoms with Crippen LogP contribution in [0.2, 0.25) is 0 Å². The molecule has 30 heavy (non-hydrogen) atoms. The standard InChI is InChI=1S/C22H28N4O2S2/c1-30(27,28)22-24-16-19(26(22)14-7-10-18-8-3-2-4-9-18)17-25-13-6-5-11-20(25)21-23-12-15-29-21/h2-4,8-9,12,15-16,20H,5-7,10-11,13-14,17H2,1H3/t20-/m1/s1. The highest BCUT2D eigenvalue weighted by molar-refractivity contribution is 7.90. The highest BCUT2D eigenvalue weighted by Crippen LogP contribution is 2.33. The van der Waals surface area contributed by atoms with E-state index in [-0.39, 0.29) is 5.16 Å². The lowest BCUT2D eigenvalue weighted by Crippen LogP contribution is -2.33. The van der Waals surface area contributed by atoms with Crippen molar-refractivity contribution in [3.63, 3.8) is 0 Å². The molecule has 1 aliphatic heterocycles. The van der Waals surface area contributed by atoms with Crippen LogP contribution in [0, 0.1) is 0 Å². The summed E-state index contributed by atoms with van der Waals surface area (Å²) in [5.74, 6) is 0. The number of benzene rings is 1. The quantitative estimate of drug-likeness (QED) is 0.523. The number of thiazole rings is 1. The number of nitrogens with zero attached hydrogens (tertiary/aromatic N) is 4. The summed E-state index contributed by atoms with van der Waals surface area (Å²) in [5, 5.41) is 3.35. The molecular formula is C22H28N4O2S2. The van der Waals surface area contributed by atoms with E-state index in [4.69, 9.17) is 0 Å². The van der Waals surface area contributed by atoms with Gasteiger partial charge in [-0.05, 0) is 37.8 Å². The molecule has 0 bridgehead atoms. The predicted octanol–water partition coefficient (Wildman–Crippen LogP) is 4.10. The van der Waals surface area contributed by atoms with Gasteiger partial charge in [0, 0.05) is 30.9 Å². The van der Waals surface area contributed by atoms with E-state index >= 15 is 0 Å². The Labute approximate surface area is 182 Å². The number of piperidine rings is 1. The molecule has 1 aromatic carbocycles. The van der Waals surface area contributed by atoms with Gasteiger partial charge in [-0.3, -0.25) is 4.90 Å². The zero-order chi connectivity index (χ0) is 21.0. The van der Waals surface area contributed by atoms with Gasteiger partial charge in [0.2, 0.25) is 15.0 Å². The second-order valence-electron chi connectivity index (χ2n) is 7.90. The monoisotopic (exact) mass is 444 g/mol. The van der Waals surface area contributed by atoms with Crippen LogP contribution in [0.1, 0.15) is 48.0 Å². The lowest BCUT2D eigenvalue weighted by Gasteiger charge is -2.34. The van der Waals surface area contributed by atoms with Crippen molar-refractivity contribution >= 4 is 21.2 Å². The molecule has 0 unspecified atom stereocenters. The molecule has 4 rings (SSSR count). The smallest absolute Gasteiger partial charge is 0.227 e. The Morgan fingerprint density at radius 3 is 2.73 bits per heavy atom. The number of aryl methyl sites for hydroxylation is 1. The Morgan fingerprint density at radius 2 is 2.00 bits per heavy atom. The summed E-state index contributed by atoms with van der Waals surface area (Å²) >= 11 is 1.70. The molecule has 0 aliphatic carbocycles. The third kappa shape index (κ3) is 4.99. The number of hydrogen-bond donors (Lipinski definition) is 0. The Hall–Kier alpha value is -2.03. The molecule has 0 amide bonds. The van der Waals surface area contributed by atoms with Crippen LogP contribution in [0.15, 0.2) is 53.3 Å². The Balaban J connectivity index is 1.54. The van der Waals surface area contributed by atoms with E-state index in [1.165, 1.54) is 18.2 Å². The number of imidazole rings is 1. The lowest BCUT2D eigenvalue weighted by atomic mass is 10.0. The van der Waals surface area contributed by atoms with E-state index in [1.54, 1.807) is 17.5 Å². The molecule has 0 spiro atoms. The highest BCUT2D eigenvalue weighted by Gasteiger charge is 2.28. The van der Waals surface area contributed by atoms with Gasteiger partial charge < -0.3 is 4.57 Å². The first-order chi connectivity index (χ1) is 14.5. The molecule has 0 saturated carbocycles. The normalized spacial score (nSPS) is 18.0. The van der Waals surface area contributed by atoms with E-state index in [2.05, 4.69) is 27.0 Å². The first kappa shape index (κ1) is 21.2. The summed E-state index contributed by atoms with van der Waals surface area (Å²) in [6.45, 7) is 2.33. The third-order valence-electron chi connectivity index (χ3n) is 5.64. The van der Waals surface area contributed by atoms with Crippen LogP contribution in [0.5, 0.6) is 0 Å². The van der Waals surface area contributed by atoms with Gasteiger partial charge in [0.05, 0.1) is 17.9 Å². The summed E-state index contributed by atoms with van der Waals surface area (Å²) in [7, 11) is -3.38. The second-order valence-corrected chi connectivity index (χ2v) is 10.7. The SMILES string of the molecule is CS(=O)(=O)c1ncc(CN2CCCC[C@@H]2c2nccs2)n1CCCc1ccccc1. The van der Waals surface area contributed by atoms with Crippen LogP contribution in [-0.2, 0) is 29.3 Å². The van der Waals surface area contributed by atoms with Gasteiger partial charge in [0.25, 0.3) is 0 Å². The first-order valence-corrected chi connectivity index (χ1v) is 13.2. The van der Waals surface area contributed by atoms with Crippen molar-refractivity contribution in [2.45, 2.75) is 56.4 Å². The molecule has 1 aliphatic rings. The van der Waals surface area contributed by atoms with Gasteiger partial charge in [-0.2, -0.15) is 0 Å². The molecule has 2 aromatic heterocycles. The summed E-state index contributed by atoms with van der Waals surface area (Å²) in [4.78, 5) is 11.3. The maximum atomic E-state index is 12.3. The highest BCUT2D eigenvalue weighted by atomic mass is 32.2. The average molecular weight is 445 g/mol. The molecule has 8 heteroatoms. The molecule has 1 saturated heterocycles. The fraction of sp³-hybridized carbons (Fsp3) is 0.455. The van der Waals surface area contributed by atoms with E-state index in [0.29, 0.717) is 19.1 Å². The molecule has 0 radical (unpaired) electrons. The molecule has 3 heterocycles. The molecule has 0 N–H and O–H groups in total. The molecule has 160 valence electrons. The van der Waals surface area contributed by atoms with Crippen molar-refractivity contribution in [2.24, 2.45) is 0 Å². The number of aromatic nitrogens is 3. The molecular weight excluding hydrogens is 416 g/mol. The van der Waals surface area contributed by atoms with E-state index in [9.17, 15) is 8.42 Å². The Morgan fingerprint density at radius 1 is 1.17 bits per heavy atom. The lowest BCUT2D eigenvalue weighted by molar-refractivity contribution is 0.136. The van der Waals surface area contributed by atoms with Crippen molar-refractivity contribution in [2.75, 3.05) is 12.8 Å². The van der Waals surface area contributed by atoms with Crippen LogP contribution >= 0.6 is 11.3 Å². The van der Waals surface area contributed by atoms with E-state index < -0.39 is 9.84 Å². The third-order valence-corrected chi connectivity index (χ3v) is 7.50. The average Bonchev–Trinajstić information content (AvgIpc) is 3.40. The zero-order valence-corrected chi connectivity index (χ0v) is 18.9. The van der Waals surface area contributed by atoms with Gasteiger partial charge >= 0.3 is 0 Å². The zero-order valence-electron chi connectivity index (χ0n) is 17.3. The number of sulfone groups is 1. The van der Waals surface area contributed by atoms with Crippen molar-refractivity contribution in [3.05, 3.63) is 64.4 Å². The largest absolute Gasteiger partial charge is 0.318 e. The Kier molecular flexibility index (Phi) is 6.65.